The molecule has 1 aliphatic heterocycles. The van der Waals surface area contributed by atoms with Gasteiger partial charge < -0.3 is 9.84 Å². The largest absolute Gasteiger partial charge is 0.501 e. The lowest BCUT2D eigenvalue weighted by Gasteiger charge is -2.23. The molecule has 2 aromatic carbocycles. The number of nitrogens with one attached hydrogen (secondary N) is 1. The summed E-state index contributed by atoms with van der Waals surface area (Å²) >= 11 is 5.84. The number of rotatable bonds is 4. The first-order valence-corrected chi connectivity index (χ1v) is 9.11. The zero-order valence-electron chi connectivity index (χ0n) is 13.1. The Hall–Kier alpha value is -2.51. The van der Waals surface area contributed by atoms with Gasteiger partial charge in [0.1, 0.15) is 0 Å². The Morgan fingerprint density at radius 1 is 1.08 bits per heavy atom. The van der Waals surface area contributed by atoms with Crippen LogP contribution in [0.3, 0.4) is 0 Å². The summed E-state index contributed by atoms with van der Waals surface area (Å²) in [7, 11) is -4.01. The van der Waals surface area contributed by atoms with Crippen molar-refractivity contribution >= 4 is 27.4 Å². The topological polar surface area (TPSA) is 92.7 Å². The molecule has 0 radical (unpaired) electrons. The molecule has 1 unspecified atom stereocenters. The molecule has 1 heterocycles. The molecule has 0 saturated carbocycles. The number of aliphatic hydroxyl groups is 1. The van der Waals surface area contributed by atoms with Gasteiger partial charge in [0.15, 0.2) is 5.60 Å². The second kappa shape index (κ2) is 6.09. The zero-order valence-corrected chi connectivity index (χ0v) is 14.6. The van der Waals surface area contributed by atoms with Crippen LogP contribution in [0.15, 0.2) is 71.1 Å². The van der Waals surface area contributed by atoms with Crippen molar-refractivity contribution in [3.05, 3.63) is 76.8 Å². The van der Waals surface area contributed by atoms with Crippen LogP contribution >= 0.6 is 11.6 Å². The van der Waals surface area contributed by atoms with E-state index in [2.05, 4.69) is 4.72 Å². The van der Waals surface area contributed by atoms with Gasteiger partial charge in [0.05, 0.1) is 4.90 Å². The highest BCUT2D eigenvalue weighted by Crippen LogP contribution is 2.37. The van der Waals surface area contributed by atoms with Crippen molar-refractivity contribution in [1.29, 1.82) is 0 Å². The van der Waals surface area contributed by atoms with E-state index in [0.717, 1.165) is 0 Å². The van der Waals surface area contributed by atoms with E-state index in [9.17, 15) is 18.3 Å². The lowest BCUT2D eigenvalue weighted by atomic mass is 9.92. The van der Waals surface area contributed by atoms with E-state index in [-0.39, 0.29) is 4.90 Å². The number of benzene rings is 2. The first-order chi connectivity index (χ1) is 11.7. The second-order valence-electron chi connectivity index (χ2n) is 5.57. The maximum absolute atomic E-state index is 12.4. The number of hydrogen-bond acceptors (Lipinski definition) is 5. The molecule has 0 fully saturated rings. The highest BCUT2D eigenvalue weighted by molar-refractivity contribution is 7.89. The van der Waals surface area contributed by atoms with Crippen molar-refractivity contribution in [3.63, 3.8) is 0 Å². The standard InChI is InChI=1S/C17H14ClNO5S/c1-17(11-7-9-12(18)10-8-11)15(21)14(20)16(24-17)19-25(22,23)13-5-3-2-4-6-13/h2-10,19-20H,1H3. The minimum Gasteiger partial charge on any atom is -0.501 e. The molecule has 0 aliphatic carbocycles. The number of halogens is 1. The van der Waals surface area contributed by atoms with E-state index in [1.165, 1.54) is 19.1 Å². The maximum Gasteiger partial charge on any atom is 0.264 e. The Bertz CT molecular complexity index is 954. The highest BCUT2D eigenvalue weighted by Gasteiger charge is 2.48. The molecule has 0 aromatic heterocycles. The number of hydrogen-bond donors (Lipinski definition) is 2. The van der Waals surface area contributed by atoms with Crippen LogP contribution in [0.1, 0.15) is 12.5 Å². The fourth-order valence-electron chi connectivity index (χ4n) is 2.44. The summed E-state index contributed by atoms with van der Waals surface area (Å²) in [5, 5.41) is 10.5. The van der Waals surface area contributed by atoms with Gasteiger partial charge >= 0.3 is 0 Å². The predicted octanol–water partition coefficient (Wildman–Crippen LogP) is 2.86. The molecule has 0 amide bonds. The number of carbonyl (C=O) groups is 1. The van der Waals surface area contributed by atoms with Crippen LogP contribution in [0.5, 0.6) is 0 Å². The molecule has 1 atom stereocenters. The van der Waals surface area contributed by atoms with Gasteiger partial charge in [-0.15, -0.1) is 0 Å². The maximum atomic E-state index is 12.4. The minimum atomic E-state index is -4.01. The third kappa shape index (κ3) is 3.08. The number of carbonyl (C=O) groups excluding carboxylic acids is 1. The minimum absolute atomic E-state index is 0.0218. The predicted molar refractivity (Wildman–Crippen MR) is 91.3 cm³/mol. The number of Topliss-reactive ketones (excluding diaryl/α,β-unsaturated/α-hetero) is 1. The van der Waals surface area contributed by atoms with Gasteiger partial charge in [0.25, 0.3) is 15.8 Å². The fraction of sp³-hybridized carbons (Fsp3) is 0.118. The third-order valence-corrected chi connectivity index (χ3v) is 5.44. The van der Waals surface area contributed by atoms with E-state index >= 15 is 0 Å². The van der Waals surface area contributed by atoms with E-state index in [1.54, 1.807) is 42.5 Å². The molecular weight excluding hydrogens is 366 g/mol. The zero-order chi connectivity index (χ0) is 18.2. The molecule has 8 heteroatoms. The van der Waals surface area contributed by atoms with Gasteiger partial charge in [-0.25, -0.2) is 13.1 Å². The van der Waals surface area contributed by atoms with Gasteiger partial charge in [-0.05, 0) is 31.2 Å². The first kappa shape index (κ1) is 17.3. The molecule has 0 saturated heterocycles. The third-order valence-electron chi connectivity index (χ3n) is 3.85. The SMILES string of the molecule is CC1(c2ccc(Cl)cc2)OC(NS(=O)(=O)c2ccccc2)=C(O)C1=O. The average Bonchev–Trinajstić information content (AvgIpc) is 2.81. The number of aliphatic hydroxyl groups excluding tert-OH is 1. The Balaban J connectivity index is 1.92. The smallest absolute Gasteiger partial charge is 0.264 e. The van der Waals surface area contributed by atoms with Gasteiger partial charge in [0, 0.05) is 10.6 Å². The molecule has 3 rings (SSSR count). The number of ether oxygens (including phenoxy) is 1. The summed E-state index contributed by atoms with van der Waals surface area (Å²) in [6.45, 7) is 1.44. The molecule has 25 heavy (non-hydrogen) atoms. The van der Waals surface area contributed by atoms with Crippen LogP contribution in [0, 0.1) is 0 Å². The van der Waals surface area contributed by atoms with Crippen molar-refractivity contribution in [2.75, 3.05) is 0 Å². The molecule has 130 valence electrons. The van der Waals surface area contributed by atoms with Gasteiger partial charge in [-0.2, -0.15) is 0 Å². The molecular formula is C17H14ClNO5S. The van der Waals surface area contributed by atoms with Crippen LogP contribution in [0.4, 0.5) is 0 Å². The number of ketones is 1. The van der Waals surface area contributed by atoms with Crippen LogP contribution in [0.2, 0.25) is 5.02 Å². The molecule has 2 aromatic rings. The number of sulfonamides is 1. The average molecular weight is 380 g/mol. The fourth-order valence-corrected chi connectivity index (χ4v) is 3.58. The second-order valence-corrected chi connectivity index (χ2v) is 7.69. The van der Waals surface area contributed by atoms with Crippen molar-refractivity contribution in [3.8, 4) is 0 Å². The van der Waals surface area contributed by atoms with Crippen LogP contribution < -0.4 is 4.72 Å². The van der Waals surface area contributed by atoms with E-state index in [4.69, 9.17) is 16.3 Å². The normalized spacial score (nSPS) is 20.5. The molecule has 0 bridgehead atoms. The van der Waals surface area contributed by atoms with Crippen LogP contribution in [-0.4, -0.2) is 19.3 Å². The lowest BCUT2D eigenvalue weighted by Crippen LogP contribution is -2.32. The van der Waals surface area contributed by atoms with E-state index in [1.807, 2.05) is 0 Å². The summed E-state index contributed by atoms with van der Waals surface area (Å²) in [5.41, 5.74) is -1.12. The molecule has 0 spiro atoms. The van der Waals surface area contributed by atoms with E-state index < -0.39 is 33.0 Å². The van der Waals surface area contributed by atoms with Crippen LogP contribution in [-0.2, 0) is 25.2 Å². The van der Waals surface area contributed by atoms with Crippen molar-refractivity contribution in [2.45, 2.75) is 17.4 Å². The molecule has 6 nitrogen and oxygen atoms in total. The Kier molecular flexibility index (Phi) is 4.22. The first-order valence-electron chi connectivity index (χ1n) is 7.25. The lowest BCUT2D eigenvalue weighted by molar-refractivity contribution is -0.131. The summed E-state index contributed by atoms with van der Waals surface area (Å²) < 4.78 is 32.4. The van der Waals surface area contributed by atoms with Crippen molar-refractivity contribution in [1.82, 2.24) is 4.72 Å². The Morgan fingerprint density at radius 2 is 1.68 bits per heavy atom. The quantitative estimate of drug-likeness (QED) is 0.852. The van der Waals surface area contributed by atoms with Crippen LogP contribution in [0.25, 0.3) is 0 Å². The summed E-state index contributed by atoms with van der Waals surface area (Å²) in [6.07, 6.45) is 0. The van der Waals surface area contributed by atoms with Crippen molar-refractivity contribution in [2.24, 2.45) is 0 Å². The monoisotopic (exact) mass is 379 g/mol. The summed E-state index contributed by atoms with van der Waals surface area (Å²) in [6, 6.07) is 13.8. The van der Waals surface area contributed by atoms with Gasteiger partial charge in [-0.3, -0.25) is 4.79 Å². The Labute approximate surface area is 149 Å². The summed E-state index contributed by atoms with van der Waals surface area (Å²) in [5.74, 6) is -2.04. The van der Waals surface area contributed by atoms with Gasteiger partial charge in [0.2, 0.25) is 11.6 Å². The Morgan fingerprint density at radius 3 is 2.28 bits per heavy atom. The van der Waals surface area contributed by atoms with Crippen molar-refractivity contribution < 1.29 is 23.1 Å². The van der Waals surface area contributed by atoms with Gasteiger partial charge in [-0.1, -0.05) is 41.9 Å². The summed E-state index contributed by atoms with van der Waals surface area (Å²) in [4.78, 5) is 12.4. The molecule has 2 N–H and O–H groups in total. The highest BCUT2D eigenvalue weighted by atomic mass is 35.5. The molecule has 1 aliphatic rings. The van der Waals surface area contributed by atoms with E-state index in [0.29, 0.717) is 10.6 Å².